The Bertz CT molecular complexity index is 1600. The van der Waals surface area contributed by atoms with Gasteiger partial charge in [-0.1, -0.05) is 48.9 Å². The number of hydrogen-bond acceptors (Lipinski definition) is 6. The topological polar surface area (TPSA) is 65.1 Å². The number of ether oxygens (including phenoxy) is 1. The van der Waals surface area contributed by atoms with Gasteiger partial charge in [0.15, 0.2) is 17.4 Å². The SMILES string of the molecule is CCCNC(=O)CN(CCN(C)S(=O)c1cccc2c(N(C)C)cccc12)Sc1cc(F)c(Oc2ccc(C)cc2)c(F)c1. The van der Waals surface area contributed by atoms with Gasteiger partial charge >= 0.3 is 0 Å². The minimum Gasteiger partial charge on any atom is -0.451 e. The van der Waals surface area contributed by atoms with E-state index in [2.05, 4.69) is 5.32 Å². The molecule has 4 aromatic carbocycles. The van der Waals surface area contributed by atoms with E-state index in [1.165, 1.54) is 12.1 Å². The summed E-state index contributed by atoms with van der Waals surface area (Å²) in [6.45, 7) is 4.99. The first-order valence-electron chi connectivity index (χ1n) is 14.3. The molecule has 234 valence electrons. The Morgan fingerprint density at radius 2 is 1.59 bits per heavy atom. The lowest BCUT2D eigenvalue weighted by Gasteiger charge is -2.24. The van der Waals surface area contributed by atoms with Crippen LogP contribution >= 0.6 is 11.9 Å². The lowest BCUT2D eigenvalue weighted by Crippen LogP contribution is -2.38. The molecule has 4 rings (SSSR count). The van der Waals surface area contributed by atoms with Gasteiger partial charge in [-0.3, -0.25) is 4.79 Å². The van der Waals surface area contributed by atoms with Crippen molar-refractivity contribution in [1.29, 1.82) is 0 Å². The lowest BCUT2D eigenvalue weighted by atomic mass is 10.1. The minimum atomic E-state index is -1.49. The summed E-state index contributed by atoms with van der Waals surface area (Å²) in [5.41, 5.74) is 2.03. The van der Waals surface area contributed by atoms with Crippen LogP contribution in [-0.4, -0.2) is 66.0 Å². The Morgan fingerprint density at radius 3 is 2.25 bits per heavy atom. The van der Waals surface area contributed by atoms with E-state index in [0.717, 1.165) is 40.4 Å². The van der Waals surface area contributed by atoms with E-state index in [9.17, 15) is 9.00 Å². The number of aryl methyl sites for hydroxylation is 1. The third kappa shape index (κ3) is 8.56. The molecule has 1 N–H and O–H groups in total. The fraction of sp³-hybridized carbons (Fsp3) is 0.303. The number of nitrogens with one attached hydrogen (secondary N) is 1. The van der Waals surface area contributed by atoms with Crippen molar-refractivity contribution in [2.45, 2.75) is 30.1 Å². The maximum Gasteiger partial charge on any atom is 0.235 e. The van der Waals surface area contributed by atoms with Crippen LogP contribution in [0, 0.1) is 18.6 Å². The molecule has 4 aromatic rings. The fourth-order valence-electron chi connectivity index (χ4n) is 4.51. The van der Waals surface area contributed by atoms with E-state index in [-0.39, 0.29) is 17.3 Å². The highest BCUT2D eigenvalue weighted by atomic mass is 32.2. The van der Waals surface area contributed by atoms with Crippen LogP contribution in [-0.2, 0) is 15.8 Å². The van der Waals surface area contributed by atoms with E-state index in [1.807, 2.05) is 69.2 Å². The van der Waals surface area contributed by atoms with E-state index in [4.69, 9.17) is 4.74 Å². The van der Waals surface area contributed by atoms with Gasteiger partial charge in [-0.25, -0.2) is 21.6 Å². The molecule has 1 unspecified atom stereocenters. The number of benzene rings is 4. The zero-order chi connectivity index (χ0) is 31.8. The molecule has 0 heterocycles. The number of likely N-dealkylation sites (N-methyl/N-ethyl adjacent to an activating group) is 1. The van der Waals surface area contributed by atoms with Crippen molar-refractivity contribution in [3.05, 3.63) is 90.0 Å². The molecular formula is C33H38F2N4O3S2. The lowest BCUT2D eigenvalue weighted by molar-refractivity contribution is -0.121. The molecule has 7 nitrogen and oxygen atoms in total. The number of rotatable bonds is 14. The van der Waals surface area contributed by atoms with Gasteiger partial charge in [-0.05, 0) is 61.7 Å². The van der Waals surface area contributed by atoms with Crippen LogP contribution in [0.5, 0.6) is 11.5 Å². The molecule has 0 radical (unpaired) electrons. The largest absolute Gasteiger partial charge is 0.451 e. The molecule has 1 atom stereocenters. The first-order chi connectivity index (χ1) is 21.1. The number of carbonyl (C=O) groups excluding carboxylic acids is 1. The average Bonchev–Trinajstić information content (AvgIpc) is 3.00. The molecule has 0 aliphatic rings. The van der Waals surface area contributed by atoms with Crippen molar-refractivity contribution < 1.29 is 22.5 Å². The van der Waals surface area contributed by atoms with E-state index >= 15 is 8.78 Å². The number of carbonyl (C=O) groups is 1. The van der Waals surface area contributed by atoms with Crippen molar-refractivity contribution in [3.8, 4) is 11.5 Å². The monoisotopic (exact) mass is 640 g/mol. The molecule has 0 aliphatic carbocycles. The number of anilines is 1. The third-order valence-electron chi connectivity index (χ3n) is 6.82. The number of halogens is 2. The molecule has 0 aliphatic heterocycles. The number of hydrogen-bond donors (Lipinski definition) is 1. The van der Waals surface area contributed by atoms with Gasteiger partial charge in [0.2, 0.25) is 5.91 Å². The first-order valence-corrected chi connectivity index (χ1v) is 16.2. The highest BCUT2D eigenvalue weighted by Gasteiger charge is 2.21. The summed E-state index contributed by atoms with van der Waals surface area (Å²) in [5, 5.41) is 4.74. The van der Waals surface area contributed by atoms with Crippen molar-refractivity contribution in [2.75, 3.05) is 52.2 Å². The molecule has 0 spiro atoms. The predicted octanol–water partition coefficient (Wildman–Crippen LogP) is 6.77. The Kier molecular flexibility index (Phi) is 11.7. The molecule has 44 heavy (non-hydrogen) atoms. The van der Waals surface area contributed by atoms with Gasteiger partial charge in [0.25, 0.3) is 0 Å². The Labute approximate surface area is 264 Å². The van der Waals surface area contributed by atoms with E-state index in [1.54, 1.807) is 39.9 Å². The number of nitrogens with zero attached hydrogens (tertiary/aromatic N) is 3. The van der Waals surface area contributed by atoms with Crippen LogP contribution in [0.1, 0.15) is 18.9 Å². The normalized spacial score (nSPS) is 12.1. The standard InChI is InChI=1S/C33H38F2N4O3S2/c1-6-17-36-32(40)22-39(43-25-20-28(34)33(29(35)21-25)42-24-15-13-23(2)14-16-24)19-18-38(5)44(41)31-12-8-9-26-27(31)10-7-11-30(26)37(3)4/h7-16,20-21H,6,17-19,22H2,1-5H3,(H,36,40). The fourth-order valence-corrected chi connectivity index (χ4v) is 6.62. The summed E-state index contributed by atoms with van der Waals surface area (Å²) in [6.07, 6.45) is 0.778. The second kappa shape index (κ2) is 15.5. The Morgan fingerprint density at radius 1 is 0.932 bits per heavy atom. The third-order valence-corrected chi connectivity index (χ3v) is 9.31. The van der Waals surface area contributed by atoms with Gasteiger partial charge in [-0.2, -0.15) is 0 Å². The van der Waals surface area contributed by atoms with Gasteiger partial charge in [0.05, 0.1) is 11.4 Å². The van der Waals surface area contributed by atoms with Crippen molar-refractivity contribution in [3.63, 3.8) is 0 Å². The molecule has 1 amide bonds. The zero-order valence-corrected chi connectivity index (χ0v) is 27.2. The summed E-state index contributed by atoms with van der Waals surface area (Å²) < 4.78 is 52.7. The van der Waals surface area contributed by atoms with Crippen molar-refractivity contribution in [2.24, 2.45) is 0 Å². The second-order valence-electron chi connectivity index (χ2n) is 10.6. The molecule has 0 saturated heterocycles. The highest BCUT2D eigenvalue weighted by Crippen LogP contribution is 2.34. The molecule has 0 saturated carbocycles. The van der Waals surface area contributed by atoms with Crippen molar-refractivity contribution in [1.82, 2.24) is 13.9 Å². The zero-order valence-electron chi connectivity index (χ0n) is 25.6. The summed E-state index contributed by atoms with van der Waals surface area (Å²) in [6, 6.07) is 20.9. The number of amides is 1. The van der Waals surface area contributed by atoms with Crippen LogP contribution in [0.15, 0.2) is 82.6 Å². The maximum absolute atomic E-state index is 15.0. The van der Waals surface area contributed by atoms with Gasteiger partial charge in [0, 0.05) is 62.1 Å². The van der Waals surface area contributed by atoms with Crippen LogP contribution in [0.25, 0.3) is 10.8 Å². The maximum atomic E-state index is 15.0. The van der Waals surface area contributed by atoms with E-state index in [0.29, 0.717) is 30.3 Å². The van der Waals surface area contributed by atoms with Gasteiger partial charge in [-0.15, -0.1) is 0 Å². The van der Waals surface area contributed by atoms with Crippen LogP contribution < -0.4 is 15.0 Å². The summed E-state index contributed by atoms with van der Waals surface area (Å²) >= 11 is 1.06. The Balaban J connectivity index is 1.50. The summed E-state index contributed by atoms with van der Waals surface area (Å²) in [5.74, 6) is -2.09. The molecule has 11 heteroatoms. The smallest absolute Gasteiger partial charge is 0.235 e. The minimum absolute atomic E-state index is 0.0174. The summed E-state index contributed by atoms with van der Waals surface area (Å²) in [7, 11) is 4.19. The van der Waals surface area contributed by atoms with Crippen LogP contribution in [0.4, 0.5) is 14.5 Å². The van der Waals surface area contributed by atoms with Gasteiger partial charge < -0.3 is 15.0 Å². The highest BCUT2D eigenvalue weighted by molar-refractivity contribution is 7.97. The van der Waals surface area contributed by atoms with Crippen LogP contribution in [0.2, 0.25) is 0 Å². The molecule has 0 fully saturated rings. The predicted molar refractivity (Wildman–Crippen MR) is 176 cm³/mol. The van der Waals surface area contributed by atoms with Crippen LogP contribution in [0.3, 0.4) is 0 Å². The van der Waals surface area contributed by atoms with Gasteiger partial charge in [0.1, 0.15) is 16.7 Å². The number of fused-ring (bicyclic) bond motifs is 1. The quantitative estimate of drug-likeness (QED) is 0.154. The molecular weight excluding hydrogens is 603 g/mol. The first kappa shape index (κ1) is 33.4. The van der Waals surface area contributed by atoms with Crippen molar-refractivity contribution >= 4 is 45.3 Å². The second-order valence-corrected chi connectivity index (χ2v) is 13.3. The summed E-state index contributed by atoms with van der Waals surface area (Å²) in [4.78, 5) is 15.6. The molecule has 0 bridgehead atoms. The van der Waals surface area contributed by atoms with E-state index < -0.39 is 28.4 Å². The average molecular weight is 641 g/mol. The molecule has 0 aromatic heterocycles. The Hall–Kier alpha value is -3.51.